The Labute approximate surface area is 128 Å². The van der Waals surface area contributed by atoms with Gasteiger partial charge in [-0.3, -0.25) is 0 Å². The summed E-state index contributed by atoms with van der Waals surface area (Å²) < 4.78 is 5.17. The molecule has 0 saturated heterocycles. The number of rotatable bonds is 4. The summed E-state index contributed by atoms with van der Waals surface area (Å²) in [5.74, 6) is -2.36. The average Bonchev–Trinajstić information content (AvgIpc) is 2.80. The Morgan fingerprint density at radius 3 is 2.50 bits per heavy atom. The first kappa shape index (κ1) is 16.0. The van der Waals surface area contributed by atoms with Gasteiger partial charge in [0.05, 0.1) is 0 Å². The van der Waals surface area contributed by atoms with E-state index in [0.717, 1.165) is 10.9 Å². The number of carbonyl (C=O) groups excluding carboxylic acids is 1. The molecule has 6 nitrogen and oxygen atoms in total. The minimum absolute atomic E-state index is 0.152. The van der Waals surface area contributed by atoms with Gasteiger partial charge in [0, 0.05) is 23.5 Å². The van der Waals surface area contributed by atoms with E-state index in [9.17, 15) is 14.7 Å². The molecule has 2 aromatic rings. The number of benzene rings is 1. The second-order valence-electron chi connectivity index (χ2n) is 6.31. The first-order chi connectivity index (χ1) is 10.1. The van der Waals surface area contributed by atoms with Crippen LogP contribution in [-0.2, 0) is 20.7 Å². The summed E-state index contributed by atoms with van der Waals surface area (Å²) >= 11 is 0. The molecule has 1 atom stereocenters. The Balaban J connectivity index is 2.36. The van der Waals surface area contributed by atoms with E-state index in [0.29, 0.717) is 5.56 Å². The topological polar surface area (TPSA) is 105 Å². The number of H-pyrrole nitrogens is 1. The highest BCUT2D eigenvalue weighted by molar-refractivity contribution is 6.04. The third-order valence-corrected chi connectivity index (χ3v) is 3.29. The van der Waals surface area contributed by atoms with Crippen LogP contribution in [0.4, 0.5) is 0 Å². The number of nitrogens with two attached hydrogens (primary N) is 1. The van der Waals surface area contributed by atoms with Crippen molar-refractivity contribution in [1.82, 2.24) is 4.98 Å². The third kappa shape index (κ3) is 3.12. The fourth-order valence-electron chi connectivity index (χ4n) is 2.18. The third-order valence-electron chi connectivity index (χ3n) is 3.29. The Hall–Kier alpha value is -2.34. The number of hydrogen-bond donors (Lipinski definition) is 3. The van der Waals surface area contributed by atoms with E-state index in [4.69, 9.17) is 10.5 Å². The van der Waals surface area contributed by atoms with Crippen LogP contribution >= 0.6 is 0 Å². The Morgan fingerprint density at radius 2 is 1.91 bits per heavy atom. The summed E-state index contributed by atoms with van der Waals surface area (Å²) in [6.45, 7) is 5.00. The fraction of sp³-hybridized carbons (Fsp3) is 0.375. The van der Waals surface area contributed by atoms with Crippen LogP contribution in [0.3, 0.4) is 0 Å². The Kier molecular flexibility index (Phi) is 3.98. The summed E-state index contributed by atoms with van der Waals surface area (Å²) in [6.07, 6.45) is 1.51. The summed E-state index contributed by atoms with van der Waals surface area (Å²) in [5.41, 5.74) is 4.47. The Morgan fingerprint density at radius 1 is 1.27 bits per heavy atom. The van der Waals surface area contributed by atoms with Gasteiger partial charge in [-0.05, 0) is 32.4 Å². The summed E-state index contributed by atoms with van der Waals surface area (Å²) in [4.78, 5) is 26.9. The van der Waals surface area contributed by atoms with Gasteiger partial charge in [-0.25, -0.2) is 9.59 Å². The standard InChI is InChI=1S/C16H20N2O4/c1-15(2,3)22-14(21)16(17,13(19)20)8-10-9-18-12-7-5-4-6-11(10)12/h4-7,9,18H,8,17H2,1-3H3,(H,19,20)/t16-/m1/s1. The zero-order chi connectivity index (χ0) is 16.5. The predicted molar refractivity (Wildman–Crippen MR) is 82.4 cm³/mol. The molecule has 0 spiro atoms. The van der Waals surface area contributed by atoms with E-state index in [2.05, 4.69) is 4.98 Å². The lowest BCUT2D eigenvalue weighted by Crippen LogP contribution is -2.58. The molecule has 0 fully saturated rings. The van der Waals surface area contributed by atoms with Crippen molar-refractivity contribution < 1.29 is 19.4 Å². The van der Waals surface area contributed by atoms with Crippen LogP contribution in [0, 0.1) is 0 Å². The van der Waals surface area contributed by atoms with Gasteiger partial charge in [-0.15, -0.1) is 0 Å². The van der Waals surface area contributed by atoms with Gasteiger partial charge in [0.2, 0.25) is 5.54 Å². The molecule has 0 aliphatic carbocycles. The molecule has 0 radical (unpaired) electrons. The van der Waals surface area contributed by atoms with E-state index < -0.39 is 23.1 Å². The molecule has 1 aromatic carbocycles. The highest BCUT2D eigenvalue weighted by atomic mass is 16.6. The largest absolute Gasteiger partial charge is 0.479 e. The maximum Gasteiger partial charge on any atom is 0.338 e. The van der Waals surface area contributed by atoms with Crippen molar-refractivity contribution in [1.29, 1.82) is 0 Å². The molecule has 4 N–H and O–H groups in total. The van der Waals surface area contributed by atoms with Gasteiger partial charge in [-0.1, -0.05) is 18.2 Å². The number of aromatic nitrogens is 1. The first-order valence-corrected chi connectivity index (χ1v) is 6.94. The SMILES string of the molecule is CC(C)(C)OC(=O)[C@@](N)(Cc1c[nH]c2ccccc12)C(=O)O. The molecule has 0 saturated carbocycles. The van der Waals surface area contributed by atoms with Crippen LogP contribution in [-0.4, -0.2) is 33.2 Å². The van der Waals surface area contributed by atoms with Crippen molar-refractivity contribution in [3.8, 4) is 0 Å². The van der Waals surface area contributed by atoms with Gasteiger partial charge in [0.15, 0.2) is 0 Å². The van der Waals surface area contributed by atoms with Gasteiger partial charge in [0.25, 0.3) is 0 Å². The van der Waals surface area contributed by atoms with Crippen LogP contribution in [0.5, 0.6) is 0 Å². The van der Waals surface area contributed by atoms with Crippen LogP contribution in [0.1, 0.15) is 26.3 Å². The molecule has 0 aliphatic rings. The van der Waals surface area contributed by atoms with E-state index in [1.165, 1.54) is 0 Å². The molecule has 0 unspecified atom stereocenters. The van der Waals surface area contributed by atoms with Crippen molar-refractivity contribution in [2.24, 2.45) is 5.73 Å². The van der Waals surface area contributed by atoms with E-state index in [-0.39, 0.29) is 6.42 Å². The number of ether oxygens (including phenoxy) is 1. The number of nitrogens with one attached hydrogen (secondary N) is 1. The number of aliphatic carboxylic acids is 1. The summed E-state index contributed by atoms with van der Waals surface area (Å²) in [7, 11) is 0. The van der Waals surface area contributed by atoms with Crippen LogP contribution < -0.4 is 5.73 Å². The number of carboxylic acid groups (broad SMARTS) is 1. The number of para-hydroxylation sites is 1. The molecule has 6 heteroatoms. The molecule has 2 rings (SSSR count). The smallest absolute Gasteiger partial charge is 0.338 e. The number of esters is 1. The van der Waals surface area contributed by atoms with Gasteiger partial charge < -0.3 is 20.6 Å². The van der Waals surface area contributed by atoms with Gasteiger partial charge >= 0.3 is 11.9 Å². The number of fused-ring (bicyclic) bond motifs is 1. The van der Waals surface area contributed by atoms with Crippen molar-refractivity contribution >= 4 is 22.8 Å². The van der Waals surface area contributed by atoms with Crippen molar-refractivity contribution in [3.05, 3.63) is 36.0 Å². The molecule has 22 heavy (non-hydrogen) atoms. The number of carbonyl (C=O) groups is 2. The maximum absolute atomic E-state index is 12.2. The second-order valence-corrected chi connectivity index (χ2v) is 6.31. The molecule has 0 amide bonds. The normalized spacial score (nSPS) is 14.5. The fourth-order valence-corrected chi connectivity index (χ4v) is 2.18. The molecule has 1 heterocycles. The van der Waals surface area contributed by atoms with E-state index in [1.54, 1.807) is 27.0 Å². The van der Waals surface area contributed by atoms with Crippen molar-refractivity contribution in [2.45, 2.75) is 38.3 Å². The molecule has 0 bridgehead atoms. The molecular weight excluding hydrogens is 284 g/mol. The van der Waals surface area contributed by atoms with Crippen molar-refractivity contribution in [3.63, 3.8) is 0 Å². The zero-order valence-corrected chi connectivity index (χ0v) is 12.8. The minimum atomic E-state index is -2.13. The number of carboxylic acids is 1. The summed E-state index contributed by atoms with van der Waals surface area (Å²) in [6, 6.07) is 7.42. The monoisotopic (exact) mass is 304 g/mol. The lowest BCUT2D eigenvalue weighted by Gasteiger charge is -2.28. The maximum atomic E-state index is 12.2. The highest BCUT2D eigenvalue weighted by Gasteiger charge is 2.46. The molecular formula is C16H20N2O4. The number of aromatic amines is 1. The molecule has 0 aliphatic heterocycles. The quantitative estimate of drug-likeness (QED) is 0.590. The van der Waals surface area contributed by atoms with Gasteiger partial charge in [-0.2, -0.15) is 0 Å². The molecule has 1 aromatic heterocycles. The van der Waals surface area contributed by atoms with Crippen LogP contribution in [0.25, 0.3) is 10.9 Å². The second kappa shape index (κ2) is 5.46. The lowest BCUT2D eigenvalue weighted by atomic mass is 9.91. The van der Waals surface area contributed by atoms with Gasteiger partial charge in [0.1, 0.15) is 5.60 Å². The van der Waals surface area contributed by atoms with Crippen LogP contribution in [0.2, 0.25) is 0 Å². The van der Waals surface area contributed by atoms with Crippen LogP contribution in [0.15, 0.2) is 30.5 Å². The predicted octanol–water partition coefficient (Wildman–Crippen LogP) is 1.83. The summed E-state index contributed by atoms with van der Waals surface area (Å²) in [5, 5.41) is 10.3. The van der Waals surface area contributed by atoms with E-state index >= 15 is 0 Å². The average molecular weight is 304 g/mol. The highest BCUT2D eigenvalue weighted by Crippen LogP contribution is 2.24. The number of hydrogen-bond acceptors (Lipinski definition) is 4. The minimum Gasteiger partial charge on any atom is -0.479 e. The Bertz CT molecular complexity index is 714. The lowest BCUT2D eigenvalue weighted by molar-refractivity contribution is -0.169. The first-order valence-electron chi connectivity index (χ1n) is 6.94. The zero-order valence-electron chi connectivity index (χ0n) is 12.8. The van der Waals surface area contributed by atoms with Crippen molar-refractivity contribution in [2.75, 3.05) is 0 Å². The molecule has 118 valence electrons. The van der Waals surface area contributed by atoms with E-state index in [1.807, 2.05) is 24.3 Å².